The van der Waals surface area contributed by atoms with E-state index in [1.165, 1.54) is 57.8 Å². The van der Waals surface area contributed by atoms with Gasteiger partial charge in [-0.15, -0.1) is 0 Å². The SMILES string of the molecule is NCCC1CC2CCC(C1)N2C1CCCC1. The monoisotopic (exact) mass is 222 g/mol. The van der Waals surface area contributed by atoms with Crippen LogP contribution in [0.25, 0.3) is 0 Å². The summed E-state index contributed by atoms with van der Waals surface area (Å²) < 4.78 is 0. The second-order valence-corrected chi connectivity index (χ2v) is 6.19. The molecule has 0 radical (unpaired) electrons. The van der Waals surface area contributed by atoms with Gasteiger partial charge in [0.15, 0.2) is 0 Å². The molecule has 0 amide bonds. The molecule has 1 saturated carbocycles. The summed E-state index contributed by atoms with van der Waals surface area (Å²) in [5.41, 5.74) is 5.71. The van der Waals surface area contributed by atoms with Gasteiger partial charge >= 0.3 is 0 Å². The van der Waals surface area contributed by atoms with Crippen molar-refractivity contribution in [2.45, 2.75) is 75.9 Å². The van der Waals surface area contributed by atoms with Gasteiger partial charge < -0.3 is 5.73 Å². The molecule has 2 heteroatoms. The van der Waals surface area contributed by atoms with E-state index in [2.05, 4.69) is 4.90 Å². The Kier molecular flexibility index (Phi) is 3.21. The smallest absolute Gasteiger partial charge is 0.0104 e. The fourth-order valence-corrected chi connectivity index (χ4v) is 4.60. The van der Waals surface area contributed by atoms with Crippen LogP contribution in [0.4, 0.5) is 0 Å². The van der Waals surface area contributed by atoms with E-state index in [1.807, 2.05) is 0 Å². The van der Waals surface area contributed by atoms with E-state index in [-0.39, 0.29) is 0 Å². The van der Waals surface area contributed by atoms with Gasteiger partial charge in [0.25, 0.3) is 0 Å². The van der Waals surface area contributed by atoms with E-state index in [0.717, 1.165) is 30.6 Å². The lowest BCUT2D eigenvalue weighted by Crippen LogP contribution is -2.48. The second-order valence-electron chi connectivity index (χ2n) is 6.19. The lowest BCUT2D eigenvalue weighted by Gasteiger charge is -2.42. The van der Waals surface area contributed by atoms with Crippen LogP contribution in [0.3, 0.4) is 0 Å². The summed E-state index contributed by atoms with van der Waals surface area (Å²) in [6.07, 6.45) is 13.0. The Morgan fingerprint density at radius 2 is 1.50 bits per heavy atom. The minimum atomic E-state index is 0.896. The van der Waals surface area contributed by atoms with Crippen LogP contribution in [0.5, 0.6) is 0 Å². The molecule has 2 aliphatic heterocycles. The number of fused-ring (bicyclic) bond motifs is 2. The molecular formula is C14H26N2. The highest BCUT2D eigenvalue weighted by Crippen LogP contribution is 2.43. The van der Waals surface area contributed by atoms with Crippen LogP contribution in [-0.4, -0.2) is 29.6 Å². The van der Waals surface area contributed by atoms with Gasteiger partial charge in [-0.1, -0.05) is 12.8 Å². The van der Waals surface area contributed by atoms with Crippen molar-refractivity contribution in [1.82, 2.24) is 4.90 Å². The third-order valence-electron chi connectivity index (χ3n) is 5.21. The van der Waals surface area contributed by atoms with E-state index < -0.39 is 0 Å². The first-order valence-corrected chi connectivity index (χ1v) is 7.36. The minimum absolute atomic E-state index is 0.896. The molecule has 2 nitrogen and oxygen atoms in total. The fourth-order valence-electron chi connectivity index (χ4n) is 4.60. The van der Waals surface area contributed by atoms with Crippen molar-refractivity contribution in [2.75, 3.05) is 6.54 Å². The molecule has 0 spiro atoms. The molecule has 2 bridgehead atoms. The lowest BCUT2D eigenvalue weighted by molar-refractivity contribution is 0.0597. The van der Waals surface area contributed by atoms with Gasteiger partial charge in [-0.3, -0.25) is 4.90 Å². The Hall–Kier alpha value is -0.0800. The zero-order valence-corrected chi connectivity index (χ0v) is 10.4. The Bertz CT molecular complexity index is 221. The van der Waals surface area contributed by atoms with Crippen LogP contribution in [0, 0.1) is 5.92 Å². The summed E-state index contributed by atoms with van der Waals surface area (Å²) in [6, 6.07) is 2.81. The third kappa shape index (κ3) is 1.91. The van der Waals surface area contributed by atoms with Gasteiger partial charge in [0.1, 0.15) is 0 Å². The maximum Gasteiger partial charge on any atom is 0.0104 e. The number of hydrogen-bond acceptors (Lipinski definition) is 2. The molecule has 16 heavy (non-hydrogen) atoms. The van der Waals surface area contributed by atoms with Gasteiger partial charge in [0, 0.05) is 18.1 Å². The summed E-state index contributed by atoms with van der Waals surface area (Å²) in [5, 5.41) is 0. The summed E-state index contributed by atoms with van der Waals surface area (Å²) >= 11 is 0. The van der Waals surface area contributed by atoms with Crippen LogP contribution in [0.2, 0.25) is 0 Å². The molecule has 2 N–H and O–H groups in total. The van der Waals surface area contributed by atoms with E-state index in [0.29, 0.717) is 0 Å². The Morgan fingerprint density at radius 1 is 0.875 bits per heavy atom. The van der Waals surface area contributed by atoms with Crippen molar-refractivity contribution in [3.8, 4) is 0 Å². The molecule has 2 saturated heterocycles. The molecule has 2 unspecified atom stereocenters. The molecule has 0 aromatic carbocycles. The molecular weight excluding hydrogens is 196 g/mol. The fraction of sp³-hybridized carbons (Fsp3) is 1.00. The normalized spacial score (nSPS) is 40.7. The van der Waals surface area contributed by atoms with Crippen LogP contribution >= 0.6 is 0 Å². The summed E-state index contributed by atoms with van der Waals surface area (Å²) in [4.78, 5) is 2.93. The van der Waals surface area contributed by atoms with E-state index in [1.54, 1.807) is 0 Å². The van der Waals surface area contributed by atoms with Gasteiger partial charge in [-0.25, -0.2) is 0 Å². The predicted molar refractivity (Wildman–Crippen MR) is 67.3 cm³/mol. The van der Waals surface area contributed by atoms with Gasteiger partial charge in [-0.05, 0) is 57.4 Å². The van der Waals surface area contributed by atoms with Crippen LogP contribution < -0.4 is 5.73 Å². The van der Waals surface area contributed by atoms with E-state index in [4.69, 9.17) is 5.73 Å². The van der Waals surface area contributed by atoms with Gasteiger partial charge in [-0.2, -0.15) is 0 Å². The lowest BCUT2D eigenvalue weighted by atomic mass is 9.87. The van der Waals surface area contributed by atoms with Crippen molar-refractivity contribution in [1.29, 1.82) is 0 Å². The summed E-state index contributed by atoms with van der Waals surface area (Å²) in [5.74, 6) is 0.945. The van der Waals surface area contributed by atoms with Crippen molar-refractivity contribution >= 4 is 0 Å². The maximum absolute atomic E-state index is 5.71. The zero-order chi connectivity index (χ0) is 11.0. The molecule has 3 fully saturated rings. The number of nitrogens with two attached hydrogens (primary N) is 1. The second kappa shape index (κ2) is 4.66. The Morgan fingerprint density at radius 3 is 2.06 bits per heavy atom. The quantitative estimate of drug-likeness (QED) is 0.795. The Balaban J connectivity index is 1.65. The number of rotatable bonds is 3. The maximum atomic E-state index is 5.71. The Labute approximate surface area is 99.6 Å². The highest BCUT2D eigenvalue weighted by molar-refractivity contribution is 4.98. The van der Waals surface area contributed by atoms with Crippen LogP contribution in [0.1, 0.15) is 57.8 Å². The first kappa shape index (κ1) is 11.0. The van der Waals surface area contributed by atoms with Crippen molar-refractivity contribution < 1.29 is 0 Å². The number of nitrogens with zero attached hydrogens (tertiary/aromatic N) is 1. The van der Waals surface area contributed by atoms with E-state index >= 15 is 0 Å². The van der Waals surface area contributed by atoms with E-state index in [9.17, 15) is 0 Å². The molecule has 2 heterocycles. The predicted octanol–water partition coefficient (Wildman–Crippen LogP) is 2.52. The molecule has 0 aromatic rings. The largest absolute Gasteiger partial charge is 0.330 e. The molecule has 3 rings (SSSR count). The van der Waals surface area contributed by atoms with Crippen molar-refractivity contribution in [3.05, 3.63) is 0 Å². The molecule has 0 aromatic heterocycles. The van der Waals surface area contributed by atoms with Crippen molar-refractivity contribution in [3.63, 3.8) is 0 Å². The average Bonchev–Trinajstić information content (AvgIpc) is 2.85. The number of piperidine rings is 1. The first-order valence-electron chi connectivity index (χ1n) is 7.36. The summed E-state index contributed by atoms with van der Waals surface area (Å²) in [7, 11) is 0. The summed E-state index contributed by atoms with van der Waals surface area (Å²) in [6.45, 7) is 0.896. The molecule has 1 aliphatic carbocycles. The average molecular weight is 222 g/mol. The minimum Gasteiger partial charge on any atom is -0.330 e. The van der Waals surface area contributed by atoms with Gasteiger partial charge in [0.2, 0.25) is 0 Å². The van der Waals surface area contributed by atoms with Crippen LogP contribution in [-0.2, 0) is 0 Å². The van der Waals surface area contributed by atoms with Crippen molar-refractivity contribution in [2.24, 2.45) is 11.7 Å². The number of hydrogen-bond donors (Lipinski definition) is 1. The highest BCUT2D eigenvalue weighted by atomic mass is 15.2. The first-order chi connectivity index (χ1) is 7.88. The molecule has 3 aliphatic rings. The third-order valence-corrected chi connectivity index (χ3v) is 5.21. The topological polar surface area (TPSA) is 29.3 Å². The zero-order valence-electron chi connectivity index (χ0n) is 10.4. The molecule has 92 valence electrons. The standard InChI is InChI=1S/C14H26N2/c15-8-7-11-9-13-5-6-14(10-11)16(13)12-3-1-2-4-12/h11-14H,1-10,15H2. The van der Waals surface area contributed by atoms with Crippen LogP contribution in [0.15, 0.2) is 0 Å². The highest BCUT2D eigenvalue weighted by Gasteiger charge is 2.43. The van der Waals surface area contributed by atoms with Gasteiger partial charge in [0.05, 0.1) is 0 Å². The molecule has 2 atom stereocenters.